The number of hydrogen-bond donors (Lipinski definition) is 1. The van der Waals surface area contributed by atoms with Crippen molar-refractivity contribution in [3.8, 4) is 0 Å². The molecule has 0 spiro atoms. The molecule has 0 saturated heterocycles. The highest BCUT2D eigenvalue weighted by Crippen LogP contribution is 2.28. The van der Waals surface area contributed by atoms with Gasteiger partial charge in [-0.25, -0.2) is 14.6 Å². The lowest BCUT2D eigenvalue weighted by molar-refractivity contribution is 0.102. The minimum atomic E-state index is -0.202. The summed E-state index contributed by atoms with van der Waals surface area (Å²) in [4.78, 5) is 23.4. The van der Waals surface area contributed by atoms with Gasteiger partial charge in [0.15, 0.2) is 10.8 Å². The maximum atomic E-state index is 13.0. The highest BCUT2D eigenvalue weighted by molar-refractivity contribution is 7.22. The number of nitrogens with one attached hydrogen (secondary N) is 1. The lowest BCUT2D eigenvalue weighted by Gasteiger charge is -2.06. The number of amides is 1. The summed E-state index contributed by atoms with van der Waals surface area (Å²) < 4.78 is 2.89. The fourth-order valence-corrected chi connectivity index (χ4v) is 4.92. The normalized spacial score (nSPS) is 11.4. The second-order valence-electron chi connectivity index (χ2n) is 6.87. The molecular weight excluding hydrogens is 402 g/mol. The van der Waals surface area contributed by atoms with Crippen molar-refractivity contribution < 1.29 is 4.79 Å². The fourth-order valence-electron chi connectivity index (χ4n) is 3.28. The molecule has 0 bridgehead atoms. The number of hydrogen-bond acceptors (Lipinski definition) is 6. The molecule has 1 N–H and O–H groups in total. The van der Waals surface area contributed by atoms with Gasteiger partial charge in [-0.2, -0.15) is 5.10 Å². The molecule has 0 aliphatic carbocycles. The quantitative estimate of drug-likeness (QED) is 0.444. The first kappa shape index (κ1) is 18.0. The van der Waals surface area contributed by atoms with Crippen molar-refractivity contribution in [1.29, 1.82) is 0 Å². The van der Waals surface area contributed by atoms with Gasteiger partial charge in [-0.15, -0.1) is 11.3 Å². The summed E-state index contributed by atoms with van der Waals surface area (Å²) in [6, 6.07) is 11.9. The second-order valence-corrected chi connectivity index (χ2v) is 8.94. The molecule has 1 amide bonds. The summed E-state index contributed by atoms with van der Waals surface area (Å²) >= 11 is 3.15. The molecule has 5 aromatic rings. The van der Waals surface area contributed by atoms with Crippen LogP contribution in [0.15, 0.2) is 48.0 Å². The molecule has 29 heavy (non-hydrogen) atoms. The van der Waals surface area contributed by atoms with Crippen molar-refractivity contribution >= 4 is 55.0 Å². The molecule has 0 unspecified atom stereocenters. The Balaban J connectivity index is 1.49. The average Bonchev–Trinajstić information content (AvgIpc) is 3.42. The zero-order valence-corrected chi connectivity index (χ0v) is 17.5. The topological polar surface area (TPSA) is 72.7 Å². The number of aromatic nitrogens is 4. The van der Waals surface area contributed by atoms with Crippen LogP contribution in [0.25, 0.3) is 21.3 Å². The van der Waals surface area contributed by atoms with E-state index < -0.39 is 0 Å². The number of aryl methyl sites for hydroxylation is 2. The van der Waals surface area contributed by atoms with Crippen LogP contribution in [0.5, 0.6) is 0 Å². The summed E-state index contributed by atoms with van der Waals surface area (Å²) in [7, 11) is 0. The fraction of sp³-hybridized carbons (Fsp3) is 0.143. The van der Waals surface area contributed by atoms with E-state index in [1.807, 2.05) is 42.1 Å². The third-order valence-corrected chi connectivity index (χ3v) is 6.43. The Kier molecular flexibility index (Phi) is 4.37. The van der Waals surface area contributed by atoms with E-state index >= 15 is 0 Å². The Bertz CT molecular complexity index is 1350. The minimum absolute atomic E-state index is 0.202. The molecule has 5 rings (SSSR count). The van der Waals surface area contributed by atoms with Gasteiger partial charge in [0.05, 0.1) is 33.9 Å². The van der Waals surface area contributed by atoms with Crippen molar-refractivity contribution in [1.82, 2.24) is 19.7 Å². The van der Waals surface area contributed by atoms with E-state index in [0.29, 0.717) is 22.9 Å². The summed E-state index contributed by atoms with van der Waals surface area (Å²) in [5.74, 6) is -0.202. The molecule has 4 heterocycles. The summed E-state index contributed by atoms with van der Waals surface area (Å²) in [5.41, 5.74) is 4.10. The van der Waals surface area contributed by atoms with E-state index in [2.05, 4.69) is 32.5 Å². The first-order valence-electron chi connectivity index (χ1n) is 9.11. The van der Waals surface area contributed by atoms with Crippen molar-refractivity contribution in [2.45, 2.75) is 20.4 Å². The van der Waals surface area contributed by atoms with Crippen LogP contribution in [0.3, 0.4) is 0 Å². The number of thiophene rings is 1. The van der Waals surface area contributed by atoms with Gasteiger partial charge >= 0.3 is 0 Å². The molecule has 6 nitrogen and oxygen atoms in total. The van der Waals surface area contributed by atoms with Crippen LogP contribution in [0.2, 0.25) is 0 Å². The predicted octanol–water partition coefficient (Wildman–Crippen LogP) is 5.02. The number of carbonyl (C=O) groups is 1. The van der Waals surface area contributed by atoms with E-state index in [0.717, 1.165) is 21.3 Å². The van der Waals surface area contributed by atoms with Gasteiger partial charge in [0.25, 0.3) is 5.91 Å². The van der Waals surface area contributed by atoms with E-state index in [4.69, 9.17) is 0 Å². The second kappa shape index (κ2) is 7.06. The average molecular weight is 420 g/mol. The molecule has 144 valence electrons. The van der Waals surface area contributed by atoms with E-state index in [-0.39, 0.29) is 5.91 Å². The SMILES string of the molecule is Cc1ccc2nc(NC(=O)c3cc(C)nc4c3cnn4Cc3cccs3)sc2c1. The number of anilines is 1. The van der Waals surface area contributed by atoms with Crippen LogP contribution in [0, 0.1) is 13.8 Å². The third kappa shape index (κ3) is 3.41. The van der Waals surface area contributed by atoms with Crippen LogP contribution in [0.1, 0.15) is 26.5 Å². The van der Waals surface area contributed by atoms with Gasteiger partial charge in [-0.1, -0.05) is 23.5 Å². The number of carbonyl (C=O) groups excluding carboxylic acids is 1. The minimum Gasteiger partial charge on any atom is -0.298 e. The maximum Gasteiger partial charge on any atom is 0.258 e. The summed E-state index contributed by atoms with van der Waals surface area (Å²) in [5, 5.41) is 10.8. The molecular formula is C21H17N5OS2. The van der Waals surface area contributed by atoms with Crippen LogP contribution < -0.4 is 5.32 Å². The Hall–Kier alpha value is -3.10. The first-order chi connectivity index (χ1) is 14.1. The van der Waals surface area contributed by atoms with E-state index in [1.54, 1.807) is 23.6 Å². The number of fused-ring (bicyclic) bond motifs is 2. The van der Waals surface area contributed by atoms with Gasteiger partial charge in [0, 0.05) is 10.6 Å². The Morgan fingerprint density at radius 1 is 1.17 bits per heavy atom. The van der Waals surface area contributed by atoms with Crippen molar-refractivity contribution in [2.75, 3.05) is 5.32 Å². The lowest BCUT2D eigenvalue weighted by atomic mass is 10.1. The van der Waals surface area contributed by atoms with Crippen LogP contribution in [0.4, 0.5) is 5.13 Å². The Morgan fingerprint density at radius 3 is 2.90 bits per heavy atom. The molecule has 8 heteroatoms. The van der Waals surface area contributed by atoms with Gasteiger partial charge in [-0.05, 0) is 49.1 Å². The van der Waals surface area contributed by atoms with Gasteiger partial charge in [0.1, 0.15) is 0 Å². The first-order valence-corrected chi connectivity index (χ1v) is 10.8. The zero-order chi connectivity index (χ0) is 20.0. The smallest absolute Gasteiger partial charge is 0.258 e. The molecule has 0 saturated carbocycles. The van der Waals surface area contributed by atoms with Crippen LogP contribution in [-0.4, -0.2) is 25.7 Å². The lowest BCUT2D eigenvalue weighted by Crippen LogP contribution is -2.13. The highest BCUT2D eigenvalue weighted by atomic mass is 32.1. The van der Waals surface area contributed by atoms with Crippen molar-refractivity contribution in [3.05, 3.63) is 69.7 Å². The monoisotopic (exact) mass is 419 g/mol. The molecule has 4 aromatic heterocycles. The van der Waals surface area contributed by atoms with Crippen molar-refractivity contribution in [3.63, 3.8) is 0 Å². The molecule has 0 radical (unpaired) electrons. The largest absolute Gasteiger partial charge is 0.298 e. The van der Waals surface area contributed by atoms with Crippen LogP contribution >= 0.6 is 22.7 Å². The number of benzene rings is 1. The zero-order valence-electron chi connectivity index (χ0n) is 15.8. The summed E-state index contributed by atoms with van der Waals surface area (Å²) in [6.45, 7) is 4.57. The third-order valence-electron chi connectivity index (χ3n) is 4.63. The maximum absolute atomic E-state index is 13.0. The van der Waals surface area contributed by atoms with E-state index in [1.165, 1.54) is 21.8 Å². The number of pyridine rings is 1. The summed E-state index contributed by atoms with van der Waals surface area (Å²) in [6.07, 6.45) is 1.71. The standard InChI is InChI=1S/C21H17N5OS2/c1-12-5-6-17-18(8-12)29-21(24-17)25-20(27)15-9-13(2)23-19-16(15)10-22-26(19)11-14-4-3-7-28-14/h3-10H,11H2,1-2H3,(H,24,25,27). The van der Waals surface area contributed by atoms with E-state index in [9.17, 15) is 4.79 Å². The molecule has 1 aromatic carbocycles. The number of thiazole rings is 1. The Morgan fingerprint density at radius 2 is 2.07 bits per heavy atom. The van der Waals surface area contributed by atoms with Gasteiger partial charge in [-0.3, -0.25) is 10.1 Å². The Labute approximate surface area is 174 Å². The van der Waals surface area contributed by atoms with Gasteiger partial charge < -0.3 is 0 Å². The van der Waals surface area contributed by atoms with Gasteiger partial charge in [0.2, 0.25) is 0 Å². The van der Waals surface area contributed by atoms with Crippen molar-refractivity contribution in [2.24, 2.45) is 0 Å². The van der Waals surface area contributed by atoms with Crippen LogP contribution in [-0.2, 0) is 6.54 Å². The predicted molar refractivity (Wildman–Crippen MR) is 118 cm³/mol. The molecule has 0 fully saturated rings. The molecule has 0 aliphatic rings. The molecule has 0 aliphatic heterocycles. The number of nitrogens with zero attached hydrogens (tertiary/aromatic N) is 4. The molecule has 0 atom stereocenters. The highest BCUT2D eigenvalue weighted by Gasteiger charge is 2.17. The number of rotatable bonds is 4.